The zero-order valence-corrected chi connectivity index (χ0v) is 21.1. The second kappa shape index (κ2) is 11.2. The van der Waals surface area contributed by atoms with Crippen LogP contribution in [0.3, 0.4) is 0 Å². The second-order valence-corrected chi connectivity index (χ2v) is 8.83. The molecule has 186 valence electrons. The van der Waals surface area contributed by atoms with Crippen molar-refractivity contribution in [3.05, 3.63) is 41.2 Å². The Morgan fingerprint density at radius 1 is 0.912 bits per heavy atom. The van der Waals surface area contributed by atoms with Crippen LogP contribution in [-0.2, 0) is 30.3 Å². The summed E-state index contributed by atoms with van der Waals surface area (Å²) in [6.07, 6.45) is 3.61. The van der Waals surface area contributed by atoms with Crippen LogP contribution in [0.15, 0.2) is 35.6 Å². The van der Waals surface area contributed by atoms with E-state index in [0.29, 0.717) is 35.7 Å². The molecule has 0 heterocycles. The topological polar surface area (TPSA) is 97.4 Å². The highest BCUT2D eigenvalue weighted by Gasteiger charge is 2.38. The Labute approximate surface area is 200 Å². The van der Waals surface area contributed by atoms with E-state index >= 15 is 0 Å². The van der Waals surface area contributed by atoms with Gasteiger partial charge in [-0.1, -0.05) is 20.8 Å². The lowest BCUT2D eigenvalue weighted by molar-refractivity contribution is -0.167. The summed E-state index contributed by atoms with van der Waals surface area (Å²) in [5.74, 6) is -0.732. The fourth-order valence-corrected chi connectivity index (χ4v) is 3.77. The largest absolute Gasteiger partial charge is 0.493 e. The molecule has 0 aliphatic heterocycles. The highest BCUT2D eigenvalue weighted by Crippen LogP contribution is 2.41. The number of benzene rings is 1. The number of carbonyl (C=O) groups is 3. The van der Waals surface area contributed by atoms with Crippen molar-refractivity contribution >= 4 is 17.5 Å². The predicted molar refractivity (Wildman–Crippen MR) is 126 cm³/mol. The van der Waals surface area contributed by atoms with Gasteiger partial charge in [-0.3, -0.25) is 14.4 Å². The quantitative estimate of drug-likeness (QED) is 0.271. The Hall–Kier alpha value is -3.29. The summed E-state index contributed by atoms with van der Waals surface area (Å²) in [6, 6.07) is 3.64. The monoisotopic (exact) mass is 474 g/mol. The van der Waals surface area contributed by atoms with Crippen LogP contribution in [0, 0.1) is 11.8 Å². The second-order valence-electron chi connectivity index (χ2n) is 8.83. The number of ketones is 2. The average molecular weight is 475 g/mol. The Balaban J connectivity index is 2.44. The molecule has 0 radical (unpaired) electrons. The zero-order chi connectivity index (χ0) is 25.6. The molecule has 1 aromatic rings. The first-order valence-electron chi connectivity index (χ1n) is 11.1. The summed E-state index contributed by atoms with van der Waals surface area (Å²) in [5.41, 5.74) is 0.501. The molecule has 0 saturated heterocycles. The van der Waals surface area contributed by atoms with Crippen molar-refractivity contribution in [2.24, 2.45) is 11.8 Å². The maximum absolute atomic E-state index is 12.6. The molecule has 2 atom stereocenters. The van der Waals surface area contributed by atoms with Gasteiger partial charge in [0.1, 0.15) is 5.60 Å². The Kier molecular flexibility index (Phi) is 8.90. The van der Waals surface area contributed by atoms with Gasteiger partial charge in [0.25, 0.3) is 5.78 Å². The Morgan fingerprint density at radius 3 is 1.97 bits per heavy atom. The van der Waals surface area contributed by atoms with Crippen LogP contribution in [-0.4, -0.2) is 51.6 Å². The standard InChI is InChI=1S/C26H34O8/c1-15(2)25(29)34-26(4,14-18-12-21(31-6)24(33-8)22(13-18)32-7)16(3)9-17-10-19(27)23(28)20(11-17)30-5/h10-13,15-16H,9,14H2,1-8H3/t16-,26-/m0/s1. The fraction of sp³-hybridized carbons (Fsp3) is 0.500. The van der Waals surface area contributed by atoms with E-state index < -0.39 is 17.2 Å². The first kappa shape index (κ1) is 27.0. The number of allylic oxidation sites excluding steroid dienone is 4. The molecule has 0 bridgehead atoms. The van der Waals surface area contributed by atoms with E-state index in [1.165, 1.54) is 34.5 Å². The number of hydrogen-bond donors (Lipinski definition) is 0. The van der Waals surface area contributed by atoms with Crippen molar-refractivity contribution in [2.75, 3.05) is 28.4 Å². The van der Waals surface area contributed by atoms with Gasteiger partial charge in [-0.15, -0.1) is 0 Å². The molecule has 0 fully saturated rings. The number of Topliss-reactive ketones (excluding diaryl/α,β-unsaturated/α-hetero) is 1. The maximum Gasteiger partial charge on any atom is 0.308 e. The van der Waals surface area contributed by atoms with Gasteiger partial charge in [0, 0.05) is 12.3 Å². The van der Waals surface area contributed by atoms with Gasteiger partial charge in [-0.05, 0) is 48.8 Å². The van der Waals surface area contributed by atoms with Crippen LogP contribution in [0.1, 0.15) is 39.7 Å². The third-order valence-corrected chi connectivity index (χ3v) is 5.97. The van der Waals surface area contributed by atoms with Gasteiger partial charge in [-0.2, -0.15) is 0 Å². The van der Waals surface area contributed by atoms with Crippen LogP contribution < -0.4 is 14.2 Å². The summed E-state index contributed by atoms with van der Waals surface area (Å²) in [5, 5.41) is 0. The van der Waals surface area contributed by atoms with E-state index in [0.717, 1.165) is 5.56 Å². The normalized spacial score (nSPS) is 16.3. The van der Waals surface area contributed by atoms with Crippen LogP contribution in [0.25, 0.3) is 0 Å². The SMILES string of the molecule is COC1=CC(C[C@H](C)[C@](C)(Cc2cc(OC)c(OC)c(OC)c2)OC(=O)C(C)C)=CC(=O)C1=O. The van der Waals surface area contributed by atoms with Gasteiger partial charge < -0.3 is 23.7 Å². The van der Waals surface area contributed by atoms with Crippen molar-refractivity contribution < 1.29 is 38.1 Å². The van der Waals surface area contributed by atoms with Crippen molar-refractivity contribution in [2.45, 2.75) is 46.1 Å². The molecule has 1 aromatic carbocycles. The van der Waals surface area contributed by atoms with Crippen molar-refractivity contribution in [1.82, 2.24) is 0 Å². The van der Waals surface area contributed by atoms with Crippen molar-refractivity contribution in [3.63, 3.8) is 0 Å². The minimum Gasteiger partial charge on any atom is -0.493 e. The minimum atomic E-state index is -0.946. The number of hydrogen-bond acceptors (Lipinski definition) is 8. The zero-order valence-electron chi connectivity index (χ0n) is 21.1. The highest BCUT2D eigenvalue weighted by atomic mass is 16.6. The molecule has 2 rings (SSSR count). The average Bonchev–Trinajstić information content (AvgIpc) is 2.80. The van der Waals surface area contributed by atoms with Crippen molar-refractivity contribution in [3.8, 4) is 17.2 Å². The van der Waals surface area contributed by atoms with Gasteiger partial charge >= 0.3 is 5.97 Å². The van der Waals surface area contributed by atoms with E-state index in [-0.39, 0.29) is 23.6 Å². The predicted octanol–water partition coefficient (Wildman–Crippen LogP) is 3.85. The maximum atomic E-state index is 12.6. The van der Waals surface area contributed by atoms with E-state index in [2.05, 4.69) is 0 Å². The van der Waals surface area contributed by atoms with Gasteiger partial charge in [-0.25, -0.2) is 0 Å². The number of carbonyl (C=O) groups excluding carboxylic acids is 3. The molecule has 0 spiro atoms. The summed E-state index contributed by atoms with van der Waals surface area (Å²) >= 11 is 0. The lowest BCUT2D eigenvalue weighted by Crippen LogP contribution is -2.42. The van der Waals surface area contributed by atoms with Crippen LogP contribution in [0.4, 0.5) is 0 Å². The molecule has 0 unspecified atom stereocenters. The van der Waals surface area contributed by atoms with Crippen molar-refractivity contribution in [1.29, 1.82) is 0 Å². The molecule has 0 N–H and O–H groups in total. The molecule has 1 aliphatic carbocycles. The van der Waals surface area contributed by atoms with Crippen LogP contribution >= 0.6 is 0 Å². The van der Waals surface area contributed by atoms with Crippen LogP contribution in [0.2, 0.25) is 0 Å². The molecule has 8 nitrogen and oxygen atoms in total. The number of esters is 1. The first-order chi connectivity index (χ1) is 16.0. The van der Waals surface area contributed by atoms with Crippen LogP contribution in [0.5, 0.6) is 17.2 Å². The summed E-state index contributed by atoms with van der Waals surface area (Å²) in [4.78, 5) is 36.7. The molecule has 0 amide bonds. The molecular formula is C26H34O8. The summed E-state index contributed by atoms with van der Waals surface area (Å²) in [6.45, 7) is 7.34. The number of rotatable bonds is 11. The summed E-state index contributed by atoms with van der Waals surface area (Å²) < 4.78 is 27.4. The lowest BCUT2D eigenvalue weighted by atomic mass is 9.79. The third-order valence-electron chi connectivity index (χ3n) is 5.97. The smallest absolute Gasteiger partial charge is 0.308 e. The number of ether oxygens (including phenoxy) is 5. The van der Waals surface area contributed by atoms with E-state index in [1.807, 2.05) is 26.0 Å². The minimum absolute atomic E-state index is 0.000190. The molecule has 0 aromatic heterocycles. The van der Waals surface area contributed by atoms with Gasteiger partial charge in [0.15, 0.2) is 17.3 Å². The van der Waals surface area contributed by atoms with Gasteiger partial charge in [0.2, 0.25) is 11.5 Å². The number of methoxy groups -OCH3 is 4. The first-order valence-corrected chi connectivity index (χ1v) is 11.1. The van der Waals surface area contributed by atoms with E-state index in [9.17, 15) is 14.4 Å². The Bertz CT molecular complexity index is 979. The van der Waals surface area contributed by atoms with E-state index in [1.54, 1.807) is 19.9 Å². The molecule has 1 aliphatic rings. The van der Waals surface area contributed by atoms with E-state index in [4.69, 9.17) is 23.7 Å². The fourth-order valence-electron chi connectivity index (χ4n) is 3.77. The molecule has 34 heavy (non-hydrogen) atoms. The molecule has 8 heteroatoms. The molecular weight excluding hydrogens is 440 g/mol. The Morgan fingerprint density at radius 2 is 1.50 bits per heavy atom. The third kappa shape index (κ3) is 5.98. The highest BCUT2D eigenvalue weighted by molar-refractivity contribution is 6.47. The summed E-state index contributed by atoms with van der Waals surface area (Å²) in [7, 11) is 5.95. The van der Waals surface area contributed by atoms with Gasteiger partial charge in [0.05, 0.1) is 34.4 Å². The lowest BCUT2D eigenvalue weighted by Gasteiger charge is -2.37. The molecule has 0 saturated carbocycles.